The second-order valence-corrected chi connectivity index (χ2v) is 6.82. The third-order valence-corrected chi connectivity index (χ3v) is 5.03. The van der Waals surface area contributed by atoms with Crippen molar-refractivity contribution in [3.05, 3.63) is 34.3 Å². The third-order valence-electron chi connectivity index (χ3n) is 4.54. The minimum absolute atomic E-state index is 0.159. The molecular weight excluding hydrogens is 334 g/mol. The number of hydrogen-bond acceptors (Lipinski definition) is 3. The van der Waals surface area contributed by atoms with E-state index in [0.29, 0.717) is 19.6 Å². The van der Waals surface area contributed by atoms with Gasteiger partial charge in [-0.1, -0.05) is 28.1 Å². The fraction of sp³-hybridized carbons (Fsp3) is 0.500. The first kappa shape index (κ1) is 14.7. The summed E-state index contributed by atoms with van der Waals surface area (Å²) in [6.45, 7) is 1.33. The lowest BCUT2D eigenvalue weighted by Crippen LogP contribution is -2.51. The second kappa shape index (κ2) is 5.89. The van der Waals surface area contributed by atoms with E-state index in [4.69, 9.17) is 4.74 Å². The van der Waals surface area contributed by atoms with Crippen molar-refractivity contribution in [1.82, 2.24) is 5.32 Å². The average molecular weight is 352 g/mol. The summed E-state index contributed by atoms with van der Waals surface area (Å²) in [6.07, 6.45) is 2.90. The van der Waals surface area contributed by atoms with Crippen LogP contribution in [0.15, 0.2) is 28.7 Å². The second-order valence-electron chi connectivity index (χ2n) is 5.91. The molecular formula is C16H18BrNO3. The van der Waals surface area contributed by atoms with Gasteiger partial charge in [-0.3, -0.25) is 14.9 Å². The summed E-state index contributed by atoms with van der Waals surface area (Å²) in [6, 6.07) is 7.83. The van der Waals surface area contributed by atoms with E-state index in [2.05, 4.69) is 21.2 Å². The van der Waals surface area contributed by atoms with Crippen molar-refractivity contribution < 1.29 is 14.3 Å². The number of benzene rings is 1. The number of halogens is 1. The van der Waals surface area contributed by atoms with Crippen molar-refractivity contribution in [2.75, 3.05) is 13.2 Å². The number of hydrogen-bond donors (Lipinski definition) is 1. The van der Waals surface area contributed by atoms with Gasteiger partial charge in [-0.15, -0.1) is 0 Å². The third kappa shape index (κ3) is 2.90. The van der Waals surface area contributed by atoms with Gasteiger partial charge in [0, 0.05) is 24.1 Å². The lowest BCUT2D eigenvalue weighted by molar-refractivity contribution is -0.140. The Morgan fingerprint density at radius 1 is 1.24 bits per heavy atom. The molecule has 2 aliphatic rings. The number of imide groups is 1. The molecule has 0 radical (unpaired) electrons. The highest BCUT2D eigenvalue weighted by atomic mass is 79.9. The molecule has 4 nitrogen and oxygen atoms in total. The van der Waals surface area contributed by atoms with Crippen LogP contribution >= 0.6 is 15.9 Å². The highest BCUT2D eigenvalue weighted by Gasteiger charge is 2.49. The van der Waals surface area contributed by atoms with Crippen LogP contribution in [0.25, 0.3) is 0 Å². The first-order chi connectivity index (χ1) is 10.1. The van der Waals surface area contributed by atoms with E-state index in [-0.39, 0.29) is 23.1 Å². The number of nitrogens with one attached hydrogen (secondary N) is 1. The van der Waals surface area contributed by atoms with Crippen LogP contribution in [0.4, 0.5) is 0 Å². The first-order valence-corrected chi connectivity index (χ1v) is 8.07. The lowest BCUT2D eigenvalue weighted by atomic mass is 9.63. The van der Waals surface area contributed by atoms with Crippen LogP contribution in [0.5, 0.6) is 0 Å². The topological polar surface area (TPSA) is 55.4 Å². The Bertz CT molecular complexity index is 564. The van der Waals surface area contributed by atoms with Gasteiger partial charge in [0.25, 0.3) is 0 Å². The summed E-state index contributed by atoms with van der Waals surface area (Å²) in [5.41, 5.74) is 0.660. The zero-order valence-electron chi connectivity index (χ0n) is 11.7. The summed E-state index contributed by atoms with van der Waals surface area (Å²) in [7, 11) is 0. The Hall–Kier alpha value is -1.20. The molecule has 2 saturated heterocycles. The Morgan fingerprint density at radius 3 is 2.90 bits per heavy atom. The Balaban J connectivity index is 2.03. The van der Waals surface area contributed by atoms with Crippen LogP contribution in [0, 0.1) is 5.41 Å². The first-order valence-electron chi connectivity index (χ1n) is 7.28. The largest absolute Gasteiger partial charge is 0.381 e. The molecule has 1 aromatic rings. The normalized spacial score (nSPS) is 30.0. The maximum atomic E-state index is 12.5. The molecule has 1 spiro atoms. The molecule has 0 aliphatic carbocycles. The molecule has 0 bridgehead atoms. The number of rotatable bonds is 1. The molecule has 112 valence electrons. The van der Waals surface area contributed by atoms with Crippen molar-refractivity contribution in [3.63, 3.8) is 0 Å². The zero-order valence-corrected chi connectivity index (χ0v) is 13.3. The molecule has 2 atom stereocenters. The number of piperidine rings is 1. The van der Waals surface area contributed by atoms with Crippen molar-refractivity contribution in [2.24, 2.45) is 5.41 Å². The van der Waals surface area contributed by atoms with E-state index in [0.717, 1.165) is 29.3 Å². The predicted molar refractivity (Wildman–Crippen MR) is 81.8 cm³/mol. The Morgan fingerprint density at radius 2 is 2.10 bits per heavy atom. The van der Waals surface area contributed by atoms with Crippen molar-refractivity contribution in [2.45, 2.75) is 31.6 Å². The summed E-state index contributed by atoms with van der Waals surface area (Å²) >= 11 is 3.47. The summed E-state index contributed by atoms with van der Waals surface area (Å²) in [4.78, 5) is 24.4. The molecule has 0 saturated carbocycles. The Labute approximate surface area is 132 Å². The maximum absolute atomic E-state index is 12.5. The molecule has 0 aromatic heterocycles. The summed E-state index contributed by atoms with van der Waals surface area (Å²) in [5, 5.41) is 2.51. The van der Waals surface area contributed by atoms with Gasteiger partial charge in [0.1, 0.15) is 0 Å². The monoisotopic (exact) mass is 351 g/mol. The van der Waals surface area contributed by atoms with Gasteiger partial charge in [-0.05, 0) is 42.4 Å². The zero-order chi connectivity index (χ0) is 14.9. The number of amides is 2. The molecule has 2 fully saturated rings. The van der Waals surface area contributed by atoms with E-state index in [1.165, 1.54) is 0 Å². The molecule has 2 amide bonds. The molecule has 5 heteroatoms. The van der Waals surface area contributed by atoms with Crippen LogP contribution in [0.3, 0.4) is 0 Å². The molecule has 2 heterocycles. The van der Waals surface area contributed by atoms with Crippen molar-refractivity contribution in [1.29, 1.82) is 0 Å². The van der Waals surface area contributed by atoms with Crippen LogP contribution in [-0.4, -0.2) is 25.0 Å². The smallest absolute Gasteiger partial charge is 0.234 e. The van der Waals surface area contributed by atoms with E-state index in [1.54, 1.807) is 0 Å². The molecule has 2 unspecified atom stereocenters. The minimum Gasteiger partial charge on any atom is -0.381 e. The number of ether oxygens (including phenoxy) is 1. The minimum atomic E-state index is -0.309. The molecule has 1 N–H and O–H groups in total. The van der Waals surface area contributed by atoms with Gasteiger partial charge >= 0.3 is 0 Å². The van der Waals surface area contributed by atoms with E-state index in [1.807, 2.05) is 24.3 Å². The van der Waals surface area contributed by atoms with Crippen LogP contribution in [0.2, 0.25) is 0 Å². The van der Waals surface area contributed by atoms with E-state index >= 15 is 0 Å². The van der Waals surface area contributed by atoms with E-state index < -0.39 is 0 Å². The van der Waals surface area contributed by atoms with Gasteiger partial charge in [0.05, 0.1) is 5.92 Å². The van der Waals surface area contributed by atoms with Crippen LogP contribution in [-0.2, 0) is 14.3 Å². The van der Waals surface area contributed by atoms with Gasteiger partial charge < -0.3 is 4.74 Å². The highest BCUT2D eigenvalue weighted by molar-refractivity contribution is 9.10. The quantitative estimate of drug-likeness (QED) is 0.791. The van der Waals surface area contributed by atoms with Gasteiger partial charge in [0.2, 0.25) is 11.8 Å². The van der Waals surface area contributed by atoms with Crippen molar-refractivity contribution in [3.8, 4) is 0 Å². The van der Waals surface area contributed by atoms with Crippen molar-refractivity contribution >= 4 is 27.7 Å². The lowest BCUT2D eigenvalue weighted by Gasteiger charge is -2.42. The van der Waals surface area contributed by atoms with Crippen LogP contribution in [0.1, 0.15) is 37.2 Å². The van der Waals surface area contributed by atoms with E-state index in [9.17, 15) is 9.59 Å². The fourth-order valence-corrected chi connectivity index (χ4v) is 4.06. The summed E-state index contributed by atoms with van der Waals surface area (Å²) in [5.74, 6) is -0.617. The standard InChI is InChI=1S/C16H18BrNO3/c17-12-4-1-3-11(9-12)14-15(20)18-13(19)10-16(14)5-2-7-21-8-6-16/h1,3-4,9,14H,2,5-8,10H2,(H,18,19,20). The molecule has 3 rings (SSSR count). The fourth-order valence-electron chi connectivity index (χ4n) is 3.64. The van der Waals surface area contributed by atoms with Gasteiger partial charge in [0.15, 0.2) is 0 Å². The molecule has 2 aliphatic heterocycles. The predicted octanol–water partition coefficient (Wildman–Crippen LogP) is 2.77. The Kier molecular flexibility index (Phi) is 4.13. The number of carbonyl (C=O) groups excluding carboxylic acids is 2. The van der Waals surface area contributed by atoms with Gasteiger partial charge in [-0.2, -0.15) is 0 Å². The molecule has 21 heavy (non-hydrogen) atoms. The molecule has 1 aromatic carbocycles. The summed E-state index contributed by atoms with van der Waals surface area (Å²) < 4.78 is 6.50. The SMILES string of the molecule is O=C1CC2(CCCOCC2)C(c2cccc(Br)c2)C(=O)N1. The number of carbonyl (C=O) groups is 2. The maximum Gasteiger partial charge on any atom is 0.234 e. The van der Waals surface area contributed by atoms with Gasteiger partial charge in [-0.25, -0.2) is 0 Å². The van der Waals surface area contributed by atoms with Crippen LogP contribution < -0.4 is 5.32 Å². The highest BCUT2D eigenvalue weighted by Crippen LogP contribution is 2.49. The average Bonchev–Trinajstić information content (AvgIpc) is 2.64.